The van der Waals surface area contributed by atoms with Crippen LogP contribution in [0.25, 0.3) is 0 Å². The van der Waals surface area contributed by atoms with E-state index >= 15 is 0 Å². The van der Waals surface area contributed by atoms with E-state index in [0.29, 0.717) is 31.3 Å². The predicted octanol–water partition coefficient (Wildman–Crippen LogP) is 6.67. The molecule has 0 aliphatic rings. The third-order valence-electron chi connectivity index (χ3n) is 5.68. The quantitative estimate of drug-likeness (QED) is 0.398. The van der Waals surface area contributed by atoms with Crippen molar-refractivity contribution in [2.45, 2.75) is 52.5 Å². The number of phenols is 1. The van der Waals surface area contributed by atoms with Crippen LogP contribution in [0.4, 0.5) is 11.4 Å². The molecular formula is C28H34N2O2. The van der Waals surface area contributed by atoms with Crippen molar-refractivity contribution in [3.8, 4) is 5.75 Å². The Morgan fingerprint density at radius 1 is 0.844 bits per heavy atom. The molecule has 0 radical (unpaired) electrons. The van der Waals surface area contributed by atoms with Gasteiger partial charge in [0, 0.05) is 30.9 Å². The zero-order valence-corrected chi connectivity index (χ0v) is 19.5. The van der Waals surface area contributed by atoms with Gasteiger partial charge in [0.15, 0.2) is 0 Å². The molecular weight excluding hydrogens is 396 g/mol. The SMILES string of the molecule is CC(C)c1cccc(C(C)C)c1NC(=O)CCN(Cc1ccc(O)cc1)c1ccccc1. The van der Waals surface area contributed by atoms with E-state index in [1.807, 2.05) is 30.3 Å². The van der Waals surface area contributed by atoms with Gasteiger partial charge < -0.3 is 15.3 Å². The Hall–Kier alpha value is -3.27. The van der Waals surface area contributed by atoms with Gasteiger partial charge in [-0.15, -0.1) is 0 Å². The molecule has 0 atom stereocenters. The van der Waals surface area contributed by atoms with Crippen LogP contribution in [0.3, 0.4) is 0 Å². The molecule has 0 aliphatic carbocycles. The first-order valence-corrected chi connectivity index (χ1v) is 11.4. The number of rotatable bonds is 9. The summed E-state index contributed by atoms with van der Waals surface area (Å²) in [4.78, 5) is 15.2. The van der Waals surface area contributed by atoms with E-state index in [9.17, 15) is 9.90 Å². The van der Waals surface area contributed by atoms with Crippen molar-refractivity contribution >= 4 is 17.3 Å². The van der Waals surface area contributed by atoms with Gasteiger partial charge in [0.25, 0.3) is 0 Å². The van der Waals surface area contributed by atoms with Crippen molar-refractivity contribution in [1.82, 2.24) is 0 Å². The van der Waals surface area contributed by atoms with Gasteiger partial charge in [0.2, 0.25) is 5.91 Å². The molecule has 3 aromatic rings. The number of aromatic hydroxyl groups is 1. The average Bonchev–Trinajstić information content (AvgIpc) is 2.78. The van der Waals surface area contributed by atoms with Gasteiger partial charge in [-0.25, -0.2) is 0 Å². The maximum absolute atomic E-state index is 13.0. The molecule has 0 saturated heterocycles. The Bertz CT molecular complexity index is 985. The third-order valence-corrected chi connectivity index (χ3v) is 5.68. The lowest BCUT2D eigenvalue weighted by Gasteiger charge is -2.25. The van der Waals surface area contributed by atoms with Gasteiger partial charge in [0.1, 0.15) is 5.75 Å². The molecule has 0 bridgehead atoms. The number of phenolic OH excluding ortho intramolecular Hbond substituents is 1. The lowest BCUT2D eigenvalue weighted by Crippen LogP contribution is -2.28. The number of nitrogens with one attached hydrogen (secondary N) is 1. The molecule has 2 N–H and O–H groups in total. The molecule has 3 rings (SSSR count). The minimum Gasteiger partial charge on any atom is -0.508 e. The summed E-state index contributed by atoms with van der Waals surface area (Å²) in [6.45, 7) is 9.89. The molecule has 168 valence electrons. The average molecular weight is 431 g/mol. The van der Waals surface area contributed by atoms with Crippen LogP contribution in [-0.4, -0.2) is 17.6 Å². The minimum absolute atomic E-state index is 0.0200. The molecule has 32 heavy (non-hydrogen) atoms. The van der Waals surface area contributed by atoms with Crippen LogP contribution in [0.15, 0.2) is 72.8 Å². The highest BCUT2D eigenvalue weighted by molar-refractivity contribution is 5.93. The van der Waals surface area contributed by atoms with E-state index in [2.05, 4.69) is 68.2 Å². The van der Waals surface area contributed by atoms with Crippen molar-refractivity contribution in [2.75, 3.05) is 16.8 Å². The second-order valence-corrected chi connectivity index (χ2v) is 8.84. The fourth-order valence-corrected chi connectivity index (χ4v) is 3.89. The summed E-state index contributed by atoms with van der Waals surface area (Å²) in [5.74, 6) is 0.939. The zero-order chi connectivity index (χ0) is 23.1. The van der Waals surface area contributed by atoms with E-state index in [1.165, 1.54) is 11.1 Å². The monoisotopic (exact) mass is 430 g/mol. The Kier molecular flexibility index (Phi) is 7.93. The first kappa shape index (κ1) is 23.4. The fourth-order valence-electron chi connectivity index (χ4n) is 3.89. The fraction of sp³-hybridized carbons (Fsp3) is 0.321. The van der Waals surface area contributed by atoms with E-state index in [0.717, 1.165) is 16.9 Å². The second kappa shape index (κ2) is 10.9. The minimum atomic E-state index is 0.0200. The van der Waals surface area contributed by atoms with Gasteiger partial charge in [-0.1, -0.05) is 76.2 Å². The maximum atomic E-state index is 13.0. The standard InChI is InChI=1S/C28H34N2O2/c1-20(2)25-11-8-12-26(21(3)4)28(25)29-27(32)17-18-30(23-9-6-5-7-10-23)19-22-13-15-24(31)16-14-22/h5-16,20-21,31H,17-19H2,1-4H3,(H,29,32). The van der Waals surface area contributed by atoms with Gasteiger partial charge in [0.05, 0.1) is 0 Å². The van der Waals surface area contributed by atoms with Crippen molar-refractivity contribution in [3.63, 3.8) is 0 Å². The summed E-state index contributed by atoms with van der Waals surface area (Å²) in [5.41, 5.74) is 5.47. The first-order valence-electron chi connectivity index (χ1n) is 11.4. The number of nitrogens with zero attached hydrogens (tertiary/aromatic N) is 1. The highest BCUT2D eigenvalue weighted by atomic mass is 16.3. The van der Waals surface area contributed by atoms with E-state index in [4.69, 9.17) is 0 Å². The molecule has 0 heterocycles. The maximum Gasteiger partial charge on any atom is 0.226 e. The molecule has 0 spiro atoms. The lowest BCUT2D eigenvalue weighted by atomic mass is 9.92. The van der Waals surface area contributed by atoms with E-state index in [1.54, 1.807) is 12.1 Å². The first-order chi connectivity index (χ1) is 15.3. The van der Waals surface area contributed by atoms with Gasteiger partial charge >= 0.3 is 0 Å². The summed E-state index contributed by atoms with van der Waals surface area (Å²) in [6, 6.07) is 23.6. The van der Waals surface area contributed by atoms with Gasteiger partial charge in [-0.05, 0) is 52.8 Å². The highest BCUT2D eigenvalue weighted by Crippen LogP contribution is 2.32. The van der Waals surface area contributed by atoms with Crippen LogP contribution in [0.5, 0.6) is 5.75 Å². The molecule has 0 aliphatic heterocycles. The van der Waals surface area contributed by atoms with Crippen molar-refractivity contribution in [3.05, 3.63) is 89.5 Å². The van der Waals surface area contributed by atoms with Crippen LogP contribution in [-0.2, 0) is 11.3 Å². The Morgan fingerprint density at radius 3 is 2.00 bits per heavy atom. The summed E-state index contributed by atoms with van der Waals surface area (Å²) >= 11 is 0. The number of hydrogen-bond acceptors (Lipinski definition) is 3. The van der Waals surface area contributed by atoms with Crippen LogP contribution in [0.1, 0.15) is 62.6 Å². The van der Waals surface area contributed by atoms with Crippen LogP contribution in [0, 0.1) is 0 Å². The largest absolute Gasteiger partial charge is 0.508 e. The zero-order valence-electron chi connectivity index (χ0n) is 19.5. The Balaban J connectivity index is 1.75. The molecule has 0 saturated carbocycles. The van der Waals surface area contributed by atoms with E-state index < -0.39 is 0 Å². The lowest BCUT2D eigenvalue weighted by molar-refractivity contribution is -0.116. The van der Waals surface area contributed by atoms with Gasteiger partial charge in [-0.2, -0.15) is 0 Å². The number of benzene rings is 3. The Labute approximate surface area is 191 Å². The van der Waals surface area contributed by atoms with Gasteiger partial charge in [-0.3, -0.25) is 4.79 Å². The molecule has 0 unspecified atom stereocenters. The predicted molar refractivity (Wildman–Crippen MR) is 133 cm³/mol. The summed E-state index contributed by atoms with van der Waals surface area (Å²) in [7, 11) is 0. The number of anilines is 2. The van der Waals surface area contributed by atoms with E-state index in [-0.39, 0.29) is 11.7 Å². The normalized spacial score (nSPS) is 11.1. The van der Waals surface area contributed by atoms with Crippen LogP contribution < -0.4 is 10.2 Å². The number of para-hydroxylation sites is 2. The number of carbonyl (C=O) groups excluding carboxylic acids is 1. The molecule has 1 amide bonds. The second-order valence-electron chi connectivity index (χ2n) is 8.84. The topological polar surface area (TPSA) is 52.6 Å². The molecule has 3 aromatic carbocycles. The third kappa shape index (κ3) is 6.13. The van der Waals surface area contributed by atoms with Crippen molar-refractivity contribution in [2.24, 2.45) is 0 Å². The van der Waals surface area contributed by atoms with Crippen molar-refractivity contribution < 1.29 is 9.90 Å². The summed E-state index contributed by atoms with van der Waals surface area (Å²) in [5, 5.41) is 12.8. The molecule has 0 aromatic heterocycles. The summed E-state index contributed by atoms with van der Waals surface area (Å²) < 4.78 is 0. The molecule has 0 fully saturated rings. The van der Waals surface area contributed by atoms with Crippen LogP contribution >= 0.6 is 0 Å². The number of amides is 1. The van der Waals surface area contributed by atoms with Crippen LogP contribution in [0.2, 0.25) is 0 Å². The number of hydrogen-bond donors (Lipinski definition) is 2. The molecule has 4 heteroatoms. The Morgan fingerprint density at radius 2 is 1.44 bits per heavy atom. The highest BCUT2D eigenvalue weighted by Gasteiger charge is 2.17. The smallest absolute Gasteiger partial charge is 0.226 e. The van der Waals surface area contributed by atoms with Crippen molar-refractivity contribution in [1.29, 1.82) is 0 Å². The summed E-state index contributed by atoms with van der Waals surface area (Å²) in [6.07, 6.45) is 0.386. The number of carbonyl (C=O) groups is 1. The molecule has 4 nitrogen and oxygen atoms in total.